The number of carboxylic acid groups (broad SMARTS) is 1. The van der Waals surface area contributed by atoms with Crippen molar-refractivity contribution in [1.29, 1.82) is 0 Å². The fourth-order valence-corrected chi connectivity index (χ4v) is 1.87. The molecule has 0 bridgehead atoms. The van der Waals surface area contributed by atoms with Crippen molar-refractivity contribution in [3.63, 3.8) is 0 Å². The van der Waals surface area contributed by atoms with Crippen molar-refractivity contribution in [3.8, 4) is 0 Å². The molecule has 0 spiro atoms. The molecule has 0 aliphatic carbocycles. The van der Waals surface area contributed by atoms with Crippen LogP contribution in [0.3, 0.4) is 0 Å². The smallest absolute Gasteiger partial charge is 0.323 e. The van der Waals surface area contributed by atoms with E-state index in [1.807, 2.05) is 11.0 Å². The molecule has 1 aromatic rings. The molecule has 1 aliphatic rings. The fourth-order valence-electron chi connectivity index (χ4n) is 1.87. The molecule has 1 fully saturated rings. The maximum absolute atomic E-state index is 10.8. The van der Waals surface area contributed by atoms with E-state index in [1.165, 1.54) is 0 Å². The number of aromatic nitrogens is 1. The Morgan fingerprint density at radius 2 is 2.56 bits per heavy atom. The maximum atomic E-state index is 10.8. The molecule has 1 unspecified atom stereocenters. The van der Waals surface area contributed by atoms with Gasteiger partial charge >= 0.3 is 5.97 Å². The molecule has 1 aliphatic heterocycles. The lowest BCUT2D eigenvalue weighted by Gasteiger charge is -2.27. The normalized spacial score (nSPS) is 19.6. The minimum atomic E-state index is -0.837. The van der Waals surface area contributed by atoms with Gasteiger partial charge in [-0.1, -0.05) is 0 Å². The summed E-state index contributed by atoms with van der Waals surface area (Å²) in [6.45, 7) is 1.27. The maximum Gasteiger partial charge on any atom is 0.323 e. The molecule has 2 rings (SSSR count). The van der Waals surface area contributed by atoms with Gasteiger partial charge in [0, 0.05) is 12.8 Å². The molecule has 0 aromatic carbocycles. The number of anilines is 1. The van der Waals surface area contributed by atoms with Crippen LogP contribution in [0.4, 0.5) is 5.69 Å². The molecule has 5 nitrogen and oxygen atoms in total. The van der Waals surface area contributed by atoms with Crippen LogP contribution in [0.5, 0.6) is 0 Å². The van der Waals surface area contributed by atoms with Crippen molar-refractivity contribution in [3.05, 3.63) is 24.5 Å². The minimum absolute atomic E-state index is 0.0142. The molecule has 2 heterocycles. The van der Waals surface area contributed by atoms with Crippen LogP contribution in [0.25, 0.3) is 0 Å². The molecule has 86 valence electrons. The van der Waals surface area contributed by atoms with Gasteiger partial charge in [0.1, 0.15) is 6.54 Å². The summed E-state index contributed by atoms with van der Waals surface area (Å²) in [4.78, 5) is 16.7. The summed E-state index contributed by atoms with van der Waals surface area (Å²) in [5, 5.41) is 8.90. The van der Waals surface area contributed by atoms with E-state index in [0.29, 0.717) is 13.2 Å². The van der Waals surface area contributed by atoms with Gasteiger partial charge in [-0.25, -0.2) is 0 Å². The monoisotopic (exact) mass is 222 g/mol. The van der Waals surface area contributed by atoms with Crippen LogP contribution in [-0.2, 0) is 9.53 Å². The zero-order valence-corrected chi connectivity index (χ0v) is 8.87. The molecule has 1 aromatic heterocycles. The highest BCUT2D eigenvalue weighted by atomic mass is 16.5. The Morgan fingerprint density at radius 1 is 1.69 bits per heavy atom. The van der Waals surface area contributed by atoms with E-state index in [1.54, 1.807) is 18.5 Å². The third-order valence-electron chi connectivity index (χ3n) is 2.63. The van der Waals surface area contributed by atoms with Gasteiger partial charge in [0.25, 0.3) is 0 Å². The number of rotatable bonds is 4. The van der Waals surface area contributed by atoms with Gasteiger partial charge in [-0.05, 0) is 18.6 Å². The first kappa shape index (κ1) is 10.9. The molecule has 1 atom stereocenters. The second-order valence-corrected chi connectivity index (χ2v) is 3.75. The van der Waals surface area contributed by atoms with Crippen LogP contribution in [0.1, 0.15) is 6.42 Å². The summed E-state index contributed by atoms with van der Waals surface area (Å²) < 4.78 is 5.29. The number of nitrogens with zero attached hydrogens (tertiary/aromatic N) is 2. The average molecular weight is 222 g/mol. The molecule has 1 saturated heterocycles. The number of pyridine rings is 1. The van der Waals surface area contributed by atoms with E-state index < -0.39 is 5.97 Å². The van der Waals surface area contributed by atoms with E-state index in [0.717, 1.165) is 12.1 Å². The van der Waals surface area contributed by atoms with E-state index in [4.69, 9.17) is 9.84 Å². The third kappa shape index (κ3) is 2.49. The Morgan fingerprint density at radius 3 is 3.12 bits per heavy atom. The Balaban J connectivity index is 2.16. The van der Waals surface area contributed by atoms with Gasteiger partial charge in [0.2, 0.25) is 0 Å². The molecule has 0 saturated carbocycles. The van der Waals surface area contributed by atoms with Gasteiger partial charge in [0.05, 0.1) is 24.5 Å². The molecular formula is C11H14N2O3. The Hall–Kier alpha value is -1.62. The summed E-state index contributed by atoms with van der Waals surface area (Å²) >= 11 is 0. The lowest BCUT2D eigenvalue weighted by molar-refractivity contribution is -0.135. The largest absolute Gasteiger partial charge is 0.480 e. The molecule has 1 N–H and O–H groups in total. The first-order valence-electron chi connectivity index (χ1n) is 5.23. The predicted molar refractivity (Wildman–Crippen MR) is 58.4 cm³/mol. The Kier molecular flexibility index (Phi) is 3.36. The van der Waals surface area contributed by atoms with Gasteiger partial charge in [-0.2, -0.15) is 0 Å². The highest BCUT2D eigenvalue weighted by Gasteiger charge is 2.25. The summed E-state index contributed by atoms with van der Waals surface area (Å²) in [5.74, 6) is -0.837. The summed E-state index contributed by atoms with van der Waals surface area (Å²) in [7, 11) is 0. The Labute approximate surface area is 93.7 Å². The van der Waals surface area contributed by atoms with Crippen LogP contribution in [0.15, 0.2) is 24.5 Å². The molecule has 0 amide bonds. The van der Waals surface area contributed by atoms with Crippen molar-refractivity contribution < 1.29 is 14.6 Å². The SMILES string of the molecule is O=C(O)CN(c1cccnc1)C1CCOC1. The first-order chi connectivity index (χ1) is 7.77. The Bertz CT molecular complexity index is 350. The highest BCUT2D eigenvalue weighted by Crippen LogP contribution is 2.20. The average Bonchev–Trinajstić information content (AvgIpc) is 2.80. The second-order valence-electron chi connectivity index (χ2n) is 3.75. The second kappa shape index (κ2) is 4.94. The summed E-state index contributed by atoms with van der Waals surface area (Å²) in [6.07, 6.45) is 4.22. The third-order valence-corrected chi connectivity index (χ3v) is 2.63. The van der Waals surface area contributed by atoms with Crippen molar-refractivity contribution in [2.45, 2.75) is 12.5 Å². The van der Waals surface area contributed by atoms with Gasteiger partial charge in [-0.3, -0.25) is 9.78 Å². The zero-order chi connectivity index (χ0) is 11.4. The van der Waals surface area contributed by atoms with Gasteiger partial charge in [0.15, 0.2) is 0 Å². The number of carbonyl (C=O) groups is 1. The van der Waals surface area contributed by atoms with Crippen LogP contribution < -0.4 is 4.90 Å². The standard InChI is InChI=1S/C11H14N2O3/c14-11(15)7-13(10-3-5-16-8-10)9-2-1-4-12-6-9/h1-2,4,6,10H,3,5,7-8H2,(H,14,15). The quantitative estimate of drug-likeness (QED) is 0.815. The number of hydrogen-bond donors (Lipinski definition) is 1. The number of carboxylic acids is 1. The highest BCUT2D eigenvalue weighted by molar-refractivity contribution is 5.73. The first-order valence-corrected chi connectivity index (χ1v) is 5.23. The molecule has 0 radical (unpaired) electrons. The van der Waals surface area contributed by atoms with Crippen molar-refractivity contribution >= 4 is 11.7 Å². The number of aliphatic carboxylic acids is 1. The number of hydrogen-bond acceptors (Lipinski definition) is 4. The van der Waals surface area contributed by atoms with Gasteiger partial charge < -0.3 is 14.7 Å². The molecular weight excluding hydrogens is 208 g/mol. The van der Waals surface area contributed by atoms with Crippen molar-refractivity contribution in [2.75, 3.05) is 24.7 Å². The number of ether oxygens (including phenoxy) is 1. The zero-order valence-electron chi connectivity index (χ0n) is 8.87. The molecule has 16 heavy (non-hydrogen) atoms. The predicted octanol–water partition coefficient (Wildman–Crippen LogP) is 0.762. The molecule has 5 heteroatoms. The van der Waals surface area contributed by atoms with E-state index in [2.05, 4.69) is 4.98 Å². The summed E-state index contributed by atoms with van der Waals surface area (Å²) in [6, 6.07) is 3.81. The van der Waals surface area contributed by atoms with Gasteiger partial charge in [-0.15, -0.1) is 0 Å². The van der Waals surface area contributed by atoms with E-state index in [-0.39, 0.29) is 12.6 Å². The van der Waals surface area contributed by atoms with Crippen molar-refractivity contribution in [2.24, 2.45) is 0 Å². The van der Waals surface area contributed by atoms with Crippen LogP contribution in [0.2, 0.25) is 0 Å². The van der Waals surface area contributed by atoms with Crippen LogP contribution in [0, 0.1) is 0 Å². The fraction of sp³-hybridized carbons (Fsp3) is 0.455. The van der Waals surface area contributed by atoms with Crippen molar-refractivity contribution in [1.82, 2.24) is 4.98 Å². The lowest BCUT2D eigenvalue weighted by Crippen LogP contribution is -2.39. The van der Waals surface area contributed by atoms with E-state index >= 15 is 0 Å². The van der Waals surface area contributed by atoms with E-state index in [9.17, 15) is 4.79 Å². The summed E-state index contributed by atoms with van der Waals surface area (Å²) in [5.41, 5.74) is 0.834. The van der Waals surface area contributed by atoms with Crippen LogP contribution >= 0.6 is 0 Å². The van der Waals surface area contributed by atoms with Crippen LogP contribution in [-0.4, -0.2) is 41.9 Å². The minimum Gasteiger partial charge on any atom is -0.480 e. The topological polar surface area (TPSA) is 62.7 Å². The lowest BCUT2D eigenvalue weighted by atomic mass is 10.2.